The van der Waals surface area contributed by atoms with E-state index in [2.05, 4.69) is 36.8 Å². The topological polar surface area (TPSA) is 52.6 Å². The molecule has 0 aliphatic carbocycles. The number of alkyl halides is 3. The number of unbranched alkanes of at least 4 members (excludes halogenated alkanes) is 6. The molecule has 0 aromatic heterocycles. The molecule has 0 saturated heterocycles. The van der Waals surface area contributed by atoms with Crippen LogP contribution in [0.15, 0.2) is 102 Å². The smallest absolute Gasteiger partial charge is 0.417 e. The first-order valence-corrected chi connectivity index (χ1v) is 18.4. The Labute approximate surface area is 302 Å². The van der Waals surface area contributed by atoms with E-state index in [4.69, 9.17) is 9.47 Å². The molecule has 0 aliphatic rings. The molecule has 0 saturated carbocycles. The molecule has 4 nitrogen and oxygen atoms in total. The van der Waals surface area contributed by atoms with Gasteiger partial charge in [0, 0.05) is 44.2 Å². The number of carbonyl (C=O) groups excluding carboxylic acids is 2. The number of thioether (sulfide) groups is 2. The van der Waals surface area contributed by atoms with Crippen LogP contribution in [0.3, 0.4) is 0 Å². The van der Waals surface area contributed by atoms with Crippen molar-refractivity contribution in [2.75, 3.05) is 24.7 Å². The second-order valence-corrected chi connectivity index (χ2v) is 13.4. The minimum absolute atomic E-state index is 0.0988. The number of ether oxygens (including phenoxy) is 2. The summed E-state index contributed by atoms with van der Waals surface area (Å²) < 4.78 is 51.9. The van der Waals surface area contributed by atoms with E-state index in [1.54, 1.807) is 29.6 Å². The molecule has 0 aliphatic heterocycles. The Hall–Kier alpha value is -4.31. The number of esters is 2. The summed E-state index contributed by atoms with van der Waals surface area (Å²) in [6.45, 7) is 7.55. The molecule has 0 atom stereocenters. The number of carbonyl (C=O) groups is 2. The number of benzene rings is 3. The largest absolute Gasteiger partial charge is 0.463 e. The van der Waals surface area contributed by atoms with E-state index in [-0.39, 0.29) is 11.1 Å². The van der Waals surface area contributed by atoms with Gasteiger partial charge in [-0.05, 0) is 104 Å². The van der Waals surface area contributed by atoms with Crippen molar-refractivity contribution in [1.82, 2.24) is 0 Å². The number of hydrogen-bond acceptors (Lipinski definition) is 6. The summed E-state index contributed by atoms with van der Waals surface area (Å²) in [6.07, 6.45) is 5.50. The first kappa shape index (κ1) is 40.1. The molecule has 0 spiro atoms. The zero-order chi connectivity index (χ0) is 36.0. The van der Waals surface area contributed by atoms with E-state index in [1.165, 1.54) is 6.07 Å². The molecule has 0 radical (unpaired) electrons. The number of rotatable bonds is 18. The standard InChI is InChI=1S/C41H41F3O4S2/c1-3-39(45)47-27-9-5-7-11-29-49-36-23-17-32(18-24-36)13-14-34-16-22-35(38(31-34)41(42,43)44)21-15-33-19-25-37(26-20-33)50-30-12-8-6-10-28-48-40(46)4-2/h3-4,16-20,22-26,31H,1-2,5-12,27-30H2. The molecule has 0 amide bonds. The van der Waals surface area contributed by atoms with Crippen LogP contribution in [0.2, 0.25) is 0 Å². The third kappa shape index (κ3) is 15.9. The molecule has 0 N–H and O–H groups in total. The summed E-state index contributed by atoms with van der Waals surface area (Å²) in [4.78, 5) is 24.2. The van der Waals surface area contributed by atoms with Gasteiger partial charge >= 0.3 is 18.1 Å². The SMILES string of the molecule is C=CC(=O)OCCCCCCSc1ccc(C#Cc2ccc(C#Cc3ccc(SCCCCCCOC(=O)C=C)cc3)c(C(F)(F)F)c2)cc1. The van der Waals surface area contributed by atoms with Gasteiger partial charge in [-0.2, -0.15) is 13.2 Å². The zero-order valence-electron chi connectivity index (χ0n) is 28.0. The molecule has 50 heavy (non-hydrogen) atoms. The van der Waals surface area contributed by atoms with Crippen LogP contribution in [0, 0.1) is 23.7 Å². The molecule has 3 aromatic carbocycles. The summed E-state index contributed by atoms with van der Waals surface area (Å²) in [6, 6.07) is 19.1. The summed E-state index contributed by atoms with van der Waals surface area (Å²) in [5, 5.41) is 0. The monoisotopic (exact) mass is 718 g/mol. The highest BCUT2D eigenvalue weighted by Gasteiger charge is 2.33. The highest BCUT2D eigenvalue weighted by Crippen LogP contribution is 2.32. The minimum Gasteiger partial charge on any atom is -0.463 e. The predicted octanol–water partition coefficient (Wildman–Crippen LogP) is 10.3. The van der Waals surface area contributed by atoms with Gasteiger partial charge in [0.2, 0.25) is 0 Å². The highest BCUT2D eigenvalue weighted by atomic mass is 32.2. The van der Waals surface area contributed by atoms with Crippen molar-refractivity contribution in [3.63, 3.8) is 0 Å². The van der Waals surface area contributed by atoms with Gasteiger partial charge in [-0.1, -0.05) is 62.5 Å². The van der Waals surface area contributed by atoms with Gasteiger partial charge in [0.15, 0.2) is 0 Å². The van der Waals surface area contributed by atoms with Gasteiger partial charge < -0.3 is 9.47 Å². The minimum atomic E-state index is -4.57. The number of hydrogen-bond donors (Lipinski definition) is 0. The molecule has 262 valence electrons. The fraction of sp³-hybridized carbons (Fsp3) is 0.317. The van der Waals surface area contributed by atoms with Crippen molar-refractivity contribution in [1.29, 1.82) is 0 Å². The Morgan fingerprint density at radius 3 is 1.48 bits per heavy atom. The van der Waals surface area contributed by atoms with Crippen LogP contribution in [0.4, 0.5) is 13.2 Å². The molecule has 9 heteroatoms. The van der Waals surface area contributed by atoms with Crippen molar-refractivity contribution in [3.05, 3.63) is 120 Å². The van der Waals surface area contributed by atoms with Crippen LogP contribution >= 0.6 is 23.5 Å². The van der Waals surface area contributed by atoms with Crippen LogP contribution in [-0.2, 0) is 25.2 Å². The zero-order valence-corrected chi connectivity index (χ0v) is 29.6. The maximum atomic E-state index is 14.0. The Kier molecular flexibility index (Phi) is 18.0. The Morgan fingerprint density at radius 2 is 1.02 bits per heavy atom. The lowest BCUT2D eigenvalue weighted by atomic mass is 10.0. The third-order valence-electron chi connectivity index (χ3n) is 7.16. The third-order valence-corrected chi connectivity index (χ3v) is 9.36. The van der Waals surface area contributed by atoms with Gasteiger partial charge in [0.25, 0.3) is 0 Å². The fourth-order valence-electron chi connectivity index (χ4n) is 4.48. The molecule has 0 bridgehead atoms. The molecule has 0 fully saturated rings. The second-order valence-electron chi connectivity index (χ2n) is 11.1. The van der Waals surface area contributed by atoms with E-state index in [1.807, 2.05) is 48.5 Å². The second kappa shape index (κ2) is 22.4. The first-order valence-electron chi connectivity index (χ1n) is 16.5. The lowest BCUT2D eigenvalue weighted by Crippen LogP contribution is -2.08. The van der Waals surface area contributed by atoms with E-state index in [9.17, 15) is 22.8 Å². The Bertz CT molecular complexity index is 1680. The van der Waals surface area contributed by atoms with E-state index in [0.717, 1.165) is 90.9 Å². The molecule has 3 rings (SSSR count). The lowest BCUT2D eigenvalue weighted by molar-refractivity contribution is -0.138. The van der Waals surface area contributed by atoms with Gasteiger partial charge in [-0.25, -0.2) is 9.59 Å². The summed E-state index contributed by atoms with van der Waals surface area (Å²) in [7, 11) is 0. The molecular weight excluding hydrogens is 678 g/mol. The average Bonchev–Trinajstić information content (AvgIpc) is 3.12. The van der Waals surface area contributed by atoms with Crippen LogP contribution in [0.5, 0.6) is 0 Å². The maximum Gasteiger partial charge on any atom is 0.417 e. The van der Waals surface area contributed by atoms with Crippen LogP contribution in [0.25, 0.3) is 0 Å². The van der Waals surface area contributed by atoms with Gasteiger partial charge in [-0.15, -0.1) is 23.5 Å². The molecule has 0 heterocycles. The predicted molar refractivity (Wildman–Crippen MR) is 197 cm³/mol. The normalized spacial score (nSPS) is 10.6. The summed E-state index contributed by atoms with van der Waals surface area (Å²) in [5.74, 6) is 12.5. The maximum absolute atomic E-state index is 14.0. The molecule has 0 unspecified atom stereocenters. The van der Waals surface area contributed by atoms with Crippen molar-refractivity contribution in [3.8, 4) is 23.7 Å². The molecule has 3 aromatic rings. The number of halogens is 3. The Balaban J connectivity index is 1.47. The van der Waals surface area contributed by atoms with Crippen LogP contribution in [0.1, 0.15) is 79.2 Å². The highest BCUT2D eigenvalue weighted by molar-refractivity contribution is 7.99. The average molecular weight is 719 g/mol. The Morgan fingerprint density at radius 1 is 0.600 bits per heavy atom. The van der Waals surface area contributed by atoms with Gasteiger partial charge in [-0.3, -0.25) is 0 Å². The molecular formula is C41H41F3O4S2. The van der Waals surface area contributed by atoms with Crippen molar-refractivity contribution in [2.24, 2.45) is 0 Å². The van der Waals surface area contributed by atoms with E-state index in [0.29, 0.717) is 24.3 Å². The van der Waals surface area contributed by atoms with Crippen LogP contribution in [-0.4, -0.2) is 36.7 Å². The fourth-order valence-corrected chi connectivity index (χ4v) is 6.30. The van der Waals surface area contributed by atoms with Crippen LogP contribution < -0.4 is 0 Å². The quantitative estimate of drug-likeness (QED) is 0.0429. The van der Waals surface area contributed by atoms with Crippen molar-refractivity contribution in [2.45, 2.75) is 67.3 Å². The van der Waals surface area contributed by atoms with Crippen molar-refractivity contribution >= 4 is 35.5 Å². The van der Waals surface area contributed by atoms with E-state index >= 15 is 0 Å². The van der Waals surface area contributed by atoms with Crippen molar-refractivity contribution < 1.29 is 32.2 Å². The van der Waals surface area contributed by atoms with Gasteiger partial charge in [0.1, 0.15) is 0 Å². The van der Waals surface area contributed by atoms with E-state index < -0.39 is 23.7 Å². The first-order chi connectivity index (χ1) is 24.2. The van der Waals surface area contributed by atoms with Gasteiger partial charge in [0.05, 0.1) is 18.8 Å². The summed E-state index contributed by atoms with van der Waals surface area (Å²) in [5.41, 5.74) is 0.695. The summed E-state index contributed by atoms with van der Waals surface area (Å²) >= 11 is 3.45. The lowest BCUT2D eigenvalue weighted by Gasteiger charge is -2.09.